The van der Waals surface area contributed by atoms with Gasteiger partial charge in [0.15, 0.2) is 0 Å². The van der Waals surface area contributed by atoms with Crippen LogP contribution in [0, 0.1) is 6.92 Å². The number of aliphatic hydroxyl groups excluding tert-OH is 1. The topological polar surface area (TPSA) is 33.1 Å². The van der Waals surface area contributed by atoms with Crippen molar-refractivity contribution < 1.29 is 5.11 Å². The van der Waals surface area contributed by atoms with Gasteiger partial charge in [-0.3, -0.25) is 4.98 Å². The van der Waals surface area contributed by atoms with Gasteiger partial charge in [0, 0.05) is 18.2 Å². The van der Waals surface area contributed by atoms with Gasteiger partial charge in [-0.15, -0.1) is 0 Å². The molecule has 2 rings (SSSR count). The molecule has 0 aliphatic carbocycles. The Kier molecular flexibility index (Phi) is 2.97. The molecule has 15 heavy (non-hydrogen) atoms. The van der Waals surface area contributed by atoms with E-state index in [2.05, 4.69) is 23.2 Å². The van der Waals surface area contributed by atoms with Gasteiger partial charge >= 0.3 is 0 Å². The van der Waals surface area contributed by atoms with Gasteiger partial charge in [-0.2, -0.15) is 0 Å². The van der Waals surface area contributed by atoms with Crippen molar-refractivity contribution in [2.45, 2.75) is 19.8 Å². The Labute approximate surface area is 89.6 Å². The first-order valence-electron chi connectivity index (χ1n) is 5.26. The van der Waals surface area contributed by atoms with Crippen molar-refractivity contribution in [3.05, 3.63) is 41.6 Å². The number of nitrogens with zero attached hydrogens (tertiary/aromatic N) is 1. The molecule has 0 radical (unpaired) electrons. The van der Waals surface area contributed by atoms with Gasteiger partial charge in [-0.25, -0.2) is 0 Å². The fraction of sp³-hybridized carbons (Fsp3) is 0.308. The minimum absolute atomic E-state index is 0.254. The number of aryl methyl sites for hydroxylation is 2. The second-order valence-corrected chi connectivity index (χ2v) is 3.87. The summed E-state index contributed by atoms with van der Waals surface area (Å²) in [5.41, 5.74) is 3.49. The lowest BCUT2D eigenvalue weighted by Gasteiger charge is -2.03. The third-order valence-corrected chi connectivity index (χ3v) is 2.51. The maximum atomic E-state index is 8.77. The SMILES string of the molecule is Cc1cnc2ccc(CCCO)cc2c1. The number of benzene rings is 1. The Morgan fingerprint density at radius 3 is 2.93 bits per heavy atom. The Balaban J connectivity index is 2.36. The van der Waals surface area contributed by atoms with Crippen LogP contribution in [-0.4, -0.2) is 16.7 Å². The molecular formula is C13H15NO. The van der Waals surface area contributed by atoms with Crippen LogP contribution in [0.4, 0.5) is 0 Å². The molecule has 1 heterocycles. The maximum Gasteiger partial charge on any atom is 0.0702 e. The van der Waals surface area contributed by atoms with Gasteiger partial charge in [0.2, 0.25) is 0 Å². The number of aliphatic hydroxyl groups is 1. The van der Waals surface area contributed by atoms with E-state index in [1.165, 1.54) is 16.5 Å². The van der Waals surface area contributed by atoms with E-state index in [9.17, 15) is 0 Å². The predicted molar refractivity (Wildman–Crippen MR) is 61.9 cm³/mol. The second kappa shape index (κ2) is 4.41. The smallest absolute Gasteiger partial charge is 0.0702 e. The monoisotopic (exact) mass is 201 g/mol. The van der Waals surface area contributed by atoms with E-state index in [1.54, 1.807) is 0 Å². The van der Waals surface area contributed by atoms with E-state index < -0.39 is 0 Å². The quantitative estimate of drug-likeness (QED) is 0.827. The van der Waals surface area contributed by atoms with Crippen molar-refractivity contribution in [1.29, 1.82) is 0 Å². The summed E-state index contributed by atoms with van der Waals surface area (Å²) in [5, 5.41) is 9.96. The zero-order valence-corrected chi connectivity index (χ0v) is 8.90. The van der Waals surface area contributed by atoms with Crippen molar-refractivity contribution in [2.75, 3.05) is 6.61 Å². The van der Waals surface area contributed by atoms with Gasteiger partial charge in [0.1, 0.15) is 0 Å². The van der Waals surface area contributed by atoms with Crippen LogP contribution in [-0.2, 0) is 6.42 Å². The highest BCUT2D eigenvalue weighted by Gasteiger charge is 1.98. The molecule has 1 aromatic heterocycles. The Morgan fingerprint density at radius 2 is 2.13 bits per heavy atom. The Morgan fingerprint density at radius 1 is 1.27 bits per heavy atom. The van der Waals surface area contributed by atoms with Crippen molar-refractivity contribution >= 4 is 10.9 Å². The van der Waals surface area contributed by atoms with Gasteiger partial charge < -0.3 is 5.11 Å². The molecule has 0 unspecified atom stereocenters. The first kappa shape index (κ1) is 10.1. The summed E-state index contributed by atoms with van der Waals surface area (Å²) in [6.45, 7) is 2.30. The summed E-state index contributed by atoms with van der Waals surface area (Å²) in [6, 6.07) is 8.43. The largest absolute Gasteiger partial charge is 0.396 e. The zero-order chi connectivity index (χ0) is 10.7. The molecule has 0 aliphatic heterocycles. The molecule has 0 saturated carbocycles. The van der Waals surface area contributed by atoms with Crippen molar-refractivity contribution in [3.63, 3.8) is 0 Å². The molecule has 0 amide bonds. The molecule has 0 fully saturated rings. The van der Waals surface area contributed by atoms with Crippen LogP contribution in [0.25, 0.3) is 10.9 Å². The second-order valence-electron chi connectivity index (χ2n) is 3.87. The predicted octanol–water partition coefficient (Wildman–Crippen LogP) is 2.47. The third kappa shape index (κ3) is 2.34. The average molecular weight is 201 g/mol. The molecule has 2 aromatic rings. The van der Waals surface area contributed by atoms with Crippen LogP contribution < -0.4 is 0 Å². The minimum atomic E-state index is 0.254. The highest BCUT2D eigenvalue weighted by Crippen LogP contribution is 2.16. The number of hydrogen-bond donors (Lipinski definition) is 1. The first-order valence-corrected chi connectivity index (χ1v) is 5.26. The van der Waals surface area contributed by atoms with E-state index in [0.717, 1.165) is 18.4 Å². The number of pyridine rings is 1. The van der Waals surface area contributed by atoms with Gasteiger partial charge in [0.05, 0.1) is 5.52 Å². The molecular weight excluding hydrogens is 186 g/mol. The van der Waals surface area contributed by atoms with Crippen LogP contribution in [0.3, 0.4) is 0 Å². The fourth-order valence-electron chi connectivity index (χ4n) is 1.73. The number of aromatic nitrogens is 1. The lowest BCUT2D eigenvalue weighted by Crippen LogP contribution is -1.90. The molecule has 0 spiro atoms. The summed E-state index contributed by atoms with van der Waals surface area (Å²) in [5.74, 6) is 0. The van der Waals surface area contributed by atoms with Crippen LogP contribution in [0.2, 0.25) is 0 Å². The highest BCUT2D eigenvalue weighted by molar-refractivity contribution is 5.79. The Hall–Kier alpha value is -1.41. The summed E-state index contributed by atoms with van der Waals surface area (Å²) in [4.78, 5) is 4.35. The van der Waals surface area contributed by atoms with Crippen LogP contribution in [0.1, 0.15) is 17.5 Å². The molecule has 78 valence electrons. The Bertz CT molecular complexity index is 465. The van der Waals surface area contributed by atoms with E-state index in [0.29, 0.717) is 0 Å². The first-order chi connectivity index (χ1) is 7.29. The summed E-state index contributed by atoms with van der Waals surface area (Å²) >= 11 is 0. The summed E-state index contributed by atoms with van der Waals surface area (Å²) in [7, 11) is 0. The zero-order valence-electron chi connectivity index (χ0n) is 8.90. The van der Waals surface area contributed by atoms with Gasteiger partial charge in [0.25, 0.3) is 0 Å². The molecule has 0 saturated heterocycles. The lowest BCUT2D eigenvalue weighted by atomic mass is 10.1. The number of rotatable bonds is 3. The molecule has 1 aromatic carbocycles. The van der Waals surface area contributed by atoms with E-state index in [1.807, 2.05) is 19.2 Å². The molecule has 1 N–H and O–H groups in total. The molecule has 0 atom stereocenters. The molecule has 2 nitrogen and oxygen atoms in total. The van der Waals surface area contributed by atoms with Crippen molar-refractivity contribution in [1.82, 2.24) is 4.98 Å². The van der Waals surface area contributed by atoms with Gasteiger partial charge in [-0.1, -0.05) is 6.07 Å². The minimum Gasteiger partial charge on any atom is -0.396 e. The van der Waals surface area contributed by atoms with Crippen LogP contribution >= 0.6 is 0 Å². The third-order valence-electron chi connectivity index (χ3n) is 2.51. The molecule has 2 heteroatoms. The normalized spacial score (nSPS) is 10.8. The van der Waals surface area contributed by atoms with E-state index in [4.69, 9.17) is 5.11 Å². The van der Waals surface area contributed by atoms with E-state index in [-0.39, 0.29) is 6.61 Å². The number of hydrogen-bond acceptors (Lipinski definition) is 2. The molecule has 0 bridgehead atoms. The summed E-state index contributed by atoms with van der Waals surface area (Å²) in [6.07, 6.45) is 3.64. The maximum absolute atomic E-state index is 8.77. The van der Waals surface area contributed by atoms with Crippen molar-refractivity contribution in [3.8, 4) is 0 Å². The molecule has 0 aliphatic rings. The van der Waals surface area contributed by atoms with Gasteiger partial charge in [-0.05, 0) is 49.1 Å². The lowest BCUT2D eigenvalue weighted by molar-refractivity contribution is 0.288. The van der Waals surface area contributed by atoms with Crippen LogP contribution in [0.15, 0.2) is 30.5 Å². The van der Waals surface area contributed by atoms with Crippen molar-refractivity contribution in [2.24, 2.45) is 0 Å². The highest BCUT2D eigenvalue weighted by atomic mass is 16.2. The standard InChI is InChI=1S/C13H15NO/c1-10-7-12-8-11(3-2-6-15)4-5-13(12)14-9-10/h4-5,7-9,15H,2-3,6H2,1H3. The average Bonchev–Trinajstić information content (AvgIpc) is 2.25. The number of fused-ring (bicyclic) bond motifs is 1. The van der Waals surface area contributed by atoms with Crippen LogP contribution in [0.5, 0.6) is 0 Å². The summed E-state index contributed by atoms with van der Waals surface area (Å²) < 4.78 is 0. The fourth-order valence-corrected chi connectivity index (χ4v) is 1.73. The van der Waals surface area contributed by atoms with E-state index >= 15 is 0 Å².